The molecule has 29 nitrogen and oxygen atoms in total. The lowest BCUT2D eigenvalue weighted by Gasteiger charge is -2.28. The molecule has 0 radical (unpaired) electrons. The third kappa shape index (κ3) is 26.5. The van der Waals surface area contributed by atoms with Gasteiger partial charge in [0.25, 0.3) is 0 Å². The highest BCUT2D eigenvalue weighted by Crippen LogP contribution is 2.38. The van der Waals surface area contributed by atoms with Crippen molar-refractivity contribution in [2.45, 2.75) is 144 Å². The van der Waals surface area contributed by atoms with Crippen molar-refractivity contribution in [2.75, 3.05) is 55.3 Å². The summed E-state index contributed by atoms with van der Waals surface area (Å²) in [5, 5.41) is 69.4. The summed E-state index contributed by atoms with van der Waals surface area (Å²) in [7, 11) is -3.72. The molecular weight excluding hydrogens is 1880 g/mol. The Morgan fingerprint density at radius 3 is 1.17 bits per heavy atom. The molecule has 5 heterocycles. The number of rotatable bonds is 17. The van der Waals surface area contributed by atoms with Gasteiger partial charge in [0, 0.05) is 83.2 Å². The van der Waals surface area contributed by atoms with Crippen molar-refractivity contribution in [3.05, 3.63) is 304 Å². The van der Waals surface area contributed by atoms with Gasteiger partial charge in [-0.25, -0.2) is 55.8 Å². The zero-order chi connectivity index (χ0) is 97.9. The molecule has 14 aromatic rings. The molecule has 11 amide bonds. The Labute approximate surface area is 817 Å². The first-order chi connectivity index (χ1) is 63.7. The highest BCUT2D eigenvalue weighted by Gasteiger charge is 2.30. The van der Waals surface area contributed by atoms with Crippen molar-refractivity contribution in [3.8, 4) is 22.7 Å². The van der Waals surface area contributed by atoms with E-state index in [2.05, 4.69) is 121 Å². The van der Waals surface area contributed by atoms with Gasteiger partial charge in [-0.3, -0.25) is 26.1 Å². The van der Waals surface area contributed by atoms with Crippen molar-refractivity contribution in [1.29, 1.82) is 0 Å². The fourth-order valence-electron chi connectivity index (χ4n) is 13.9. The summed E-state index contributed by atoms with van der Waals surface area (Å²) in [5.74, 6) is 1.98. The number of hydrogen-bond donors (Lipinski definition) is 12. The number of amides is 11. The quantitative estimate of drug-likeness (QED) is 0.0403. The number of aliphatic hydroxyl groups excluding tert-OH is 2. The number of aromatic nitrogens is 8. The van der Waals surface area contributed by atoms with Gasteiger partial charge in [0.1, 0.15) is 23.3 Å². The Morgan fingerprint density at radius 2 is 0.770 bits per heavy atom. The van der Waals surface area contributed by atoms with Crippen LogP contribution in [0.4, 0.5) is 70.0 Å². The van der Waals surface area contributed by atoms with Crippen LogP contribution in [0.15, 0.2) is 218 Å². The molecule has 135 heavy (non-hydrogen) atoms. The molecule has 4 aromatic heterocycles. The predicted molar refractivity (Wildman–Crippen MR) is 542 cm³/mol. The van der Waals surface area contributed by atoms with E-state index in [0.717, 1.165) is 97.3 Å². The highest BCUT2D eigenvalue weighted by molar-refractivity contribution is 7.89. The number of nitrogens with zero attached hydrogens (tertiary/aromatic N) is 9. The Bertz CT molecular complexity index is 6910. The number of fused-ring (bicyclic) bond motifs is 3. The van der Waals surface area contributed by atoms with Crippen molar-refractivity contribution in [3.63, 3.8) is 0 Å². The van der Waals surface area contributed by atoms with Crippen LogP contribution in [0.2, 0.25) is 35.2 Å². The summed E-state index contributed by atoms with van der Waals surface area (Å²) in [4.78, 5) is 77.0. The molecule has 0 unspecified atom stereocenters. The number of halogens is 7. The summed E-state index contributed by atoms with van der Waals surface area (Å²) in [6, 6.07) is 62.9. The molecule has 0 saturated carbocycles. The number of carbonyl (C=O) groups is 6. The Balaban J connectivity index is 0.000000163. The zero-order valence-corrected chi connectivity index (χ0v) is 82.4. The fraction of sp³-hybridized carbons (Fsp3) is 0.245. The molecule has 1 aliphatic rings. The van der Waals surface area contributed by atoms with Gasteiger partial charge < -0.3 is 41.7 Å². The largest absolute Gasteiger partial charge is 0.392 e. The minimum Gasteiger partial charge on any atom is -0.392 e. The molecule has 37 heteroatoms. The van der Waals surface area contributed by atoms with E-state index < -0.39 is 34.1 Å². The van der Waals surface area contributed by atoms with E-state index in [0.29, 0.717) is 83.9 Å². The average molecular weight is 1990 g/mol. The van der Waals surface area contributed by atoms with Gasteiger partial charge in [0.15, 0.2) is 0 Å². The molecule has 0 spiro atoms. The molecule has 0 atom stereocenters. The van der Waals surface area contributed by atoms with Crippen LogP contribution in [0.1, 0.15) is 141 Å². The van der Waals surface area contributed by atoms with Gasteiger partial charge in [-0.2, -0.15) is 20.4 Å². The van der Waals surface area contributed by atoms with Crippen LogP contribution in [0.3, 0.4) is 0 Å². The maximum atomic E-state index is 13.0. The second kappa shape index (κ2) is 42.9. The summed E-state index contributed by atoms with van der Waals surface area (Å²) in [6.45, 7) is 27.3. The van der Waals surface area contributed by atoms with Gasteiger partial charge in [-0.1, -0.05) is 249 Å². The monoisotopic (exact) mass is 1980 g/mol. The lowest BCUT2D eigenvalue weighted by Crippen LogP contribution is -2.38. The molecule has 0 saturated heterocycles. The summed E-state index contributed by atoms with van der Waals surface area (Å²) >= 11 is 42.7. The number of urea groups is 5. The number of sulfonamides is 1. The first-order valence-electron chi connectivity index (χ1n) is 42.5. The summed E-state index contributed by atoms with van der Waals surface area (Å²) in [6.07, 6.45) is 1.72. The third-order valence-corrected chi connectivity index (χ3v) is 24.3. The SMILES string of the molecule is CC(=O)N1CCc2ccc(-n3nc(C(C)(C)C)cc3NC(=O)Nc3cccc(Cl)c3Cl)cc2C1.CC(C)(C)c1cc(NC(=O)Nc2ccc(Cl)cc2)n(-c2cccc(CO)c2)n1.CC(C)(C)c1cc(NC(=O)Nc2cccc(Cl)c2Cl)n(-c2cc(CNC(=O)NS(C)(=O)=O)c3ccccc3c2)n1.CC(C)(C)c1cc(NC(=O)Nc2cccc(Cl)c2Cl)n(-c2cc(CO)c3ccccc3c2)n1. The lowest BCUT2D eigenvalue weighted by atomic mass is 9.92. The lowest BCUT2D eigenvalue weighted by molar-refractivity contribution is -0.129. The van der Waals surface area contributed by atoms with Crippen molar-refractivity contribution in [1.82, 2.24) is 54.1 Å². The van der Waals surface area contributed by atoms with E-state index in [-0.39, 0.29) is 68.4 Å². The third-order valence-electron chi connectivity index (χ3n) is 21.1. The molecule has 0 aliphatic carbocycles. The van der Waals surface area contributed by atoms with Crippen LogP contribution in [0, 0.1) is 0 Å². The molecule has 15 rings (SSSR count). The number of anilines is 8. The maximum Gasteiger partial charge on any atom is 0.328 e. The van der Waals surface area contributed by atoms with E-state index in [1.165, 1.54) is 5.56 Å². The van der Waals surface area contributed by atoms with Gasteiger partial charge in [-0.05, 0) is 165 Å². The first kappa shape index (κ1) is 101. The Kier molecular flexibility index (Phi) is 32.2. The van der Waals surface area contributed by atoms with Crippen LogP contribution in [0.25, 0.3) is 44.3 Å². The summed E-state index contributed by atoms with van der Waals surface area (Å²) in [5.41, 5.74) is 11.4. The Morgan fingerprint density at radius 1 is 0.385 bits per heavy atom. The van der Waals surface area contributed by atoms with Gasteiger partial charge in [-0.15, -0.1) is 0 Å². The number of benzene rings is 10. The second-order valence-electron chi connectivity index (χ2n) is 35.8. The van der Waals surface area contributed by atoms with E-state index in [9.17, 15) is 47.4 Å². The number of hydrogen-bond acceptors (Lipinski definition) is 14. The van der Waals surface area contributed by atoms with Gasteiger partial charge in [0.2, 0.25) is 15.9 Å². The molecule has 0 bridgehead atoms. The van der Waals surface area contributed by atoms with Crippen LogP contribution < -0.4 is 52.6 Å². The van der Waals surface area contributed by atoms with Gasteiger partial charge in [0.05, 0.1) is 112 Å². The predicted octanol–water partition coefficient (Wildman–Crippen LogP) is 23.8. The minimum atomic E-state index is -3.72. The first-order valence-corrected chi connectivity index (χ1v) is 47.0. The highest BCUT2D eigenvalue weighted by atomic mass is 35.5. The van der Waals surface area contributed by atoms with Crippen molar-refractivity contribution < 1.29 is 47.4 Å². The van der Waals surface area contributed by atoms with E-state index in [1.807, 2.05) is 158 Å². The van der Waals surface area contributed by atoms with Crippen molar-refractivity contribution >= 4 is 195 Å². The van der Waals surface area contributed by atoms with Crippen molar-refractivity contribution in [2.24, 2.45) is 0 Å². The molecule has 0 fully saturated rings. The van der Waals surface area contributed by atoms with E-state index >= 15 is 0 Å². The van der Waals surface area contributed by atoms with Gasteiger partial charge >= 0.3 is 30.2 Å². The number of carbonyl (C=O) groups excluding carboxylic acids is 6. The standard InChI is InChI=1S/C27H28Cl2N6O4S.C25H27Cl2N5O2.C25H24Cl2N4O2.C21H23ClN4O2/c1-27(2,3)22-14-23(32-26(37)31-21-11-7-10-20(28)24(21)29)35(33-22)18-12-16-8-5-6-9-19(16)17(13-18)15-30-25(36)34-40(4,38)39;1-15(33)31-11-10-16-8-9-18(12-17(16)14-31)32-22(13-21(30-32)25(2,3)4)29-24(34)28-20-7-5-6-19(26)23(20)27;1-25(2,3)21-13-22(29-24(33)28-20-10-6-9-19(26)23(20)27)31(30-21)17-11-15-7-4-5-8-18(15)16(12-17)14-32;1-21(2,3)18-12-19(24-20(28)23-16-9-7-15(22)8-10-16)26(25-18)17-6-4-5-14(11-17)13-27/h5-14H,15H2,1-4H3,(H2,30,34,36)(H2,31,32,37);5-9,12-13H,10-11,14H2,1-4H3,(H2,28,29,34);4-13,32H,14H2,1-3H3,(H2,28,29,33);4-12,27H,13H2,1-3H3,(H2,23,24,28). The van der Waals surface area contributed by atoms with Crippen LogP contribution in [0.5, 0.6) is 0 Å². The molecule has 12 N–H and O–H groups in total. The molecule has 1 aliphatic heterocycles. The number of aliphatic hydroxyl groups is 2. The summed E-state index contributed by atoms with van der Waals surface area (Å²) < 4.78 is 31.4. The topological polar surface area (TPSA) is 372 Å². The smallest absolute Gasteiger partial charge is 0.328 e. The molecular formula is C98H102Cl7N19O10S. The zero-order valence-electron chi connectivity index (χ0n) is 76.3. The number of nitrogens with one attached hydrogen (secondary N) is 10. The van der Waals surface area contributed by atoms with E-state index in [1.54, 1.807) is 111 Å². The normalized spacial score (nSPS) is 12.0. The Hall–Kier alpha value is -12.7. The molecule has 10 aromatic carbocycles. The average Bonchev–Trinajstić information content (AvgIpc) is 1.66. The van der Waals surface area contributed by atoms with Crippen LogP contribution >= 0.6 is 81.2 Å². The van der Waals surface area contributed by atoms with Crippen LogP contribution in [-0.4, -0.2) is 112 Å². The molecule has 704 valence electrons. The minimum absolute atomic E-state index is 0.0413. The van der Waals surface area contributed by atoms with E-state index in [4.69, 9.17) is 96.5 Å². The maximum absolute atomic E-state index is 13.0. The van der Waals surface area contributed by atoms with Crippen LogP contribution in [-0.2, 0) is 69.2 Å². The fourth-order valence-corrected chi connectivity index (χ4v) is 15.5. The second-order valence-corrected chi connectivity index (χ2v) is 40.3.